The molecule has 6 heteroatoms. The van der Waals surface area contributed by atoms with Gasteiger partial charge < -0.3 is 10.1 Å². The molecule has 1 N–H and O–H groups in total. The lowest BCUT2D eigenvalue weighted by Gasteiger charge is -2.08. The van der Waals surface area contributed by atoms with Gasteiger partial charge in [-0.3, -0.25) is 4.79 Å². The van der Waals surface area contributed by atoms with Gasteiger partial charge in [-0.2, -0.15) is 5.10 Å². The molecule has 0 saturated heterocycles. The van der Waals surface area contributed by atoms with E-state index in [4.69, 9.17) is 4.74 Å². The zero-order chi connectivity index (χ0) is 17.1. The van der Waals surface area contributed by atoms with Gasteiger partial charge in [0.05, 0.1) is 24.7 Å². The number of hydrogen-bond acceptors (Lipinski definition) is 4. The highest BCUT2D eigenvalue weighted by Gasteiger charge is 2.11. The second kappa shape index (κ2) is 6.80. The van der Waals surface area contributed by atoms with Crippen LogP contribution in [0.2, 0.25) is 0 Å². The minimum atomic E-state index is -0.176. The highest BCUT2D eigenvalue weighted by molar-refractivity contribution is 6.04. The van der Waals surface area contributed by atoms with Gasteiger partial charge in [0.1, 0.15) is 0 Å². The van der Waals surface area contributed by atoms with E-state index < -0.39 is 0 Å². The molecule has 0 aliphatic carbocycles. The zero-order valence-electron chi connectivity index (χ0n) is 14.0. The van der Waals surface area contributed by atoms with E-state index in [9.17, 15) is 4.79 Å². The topological polar surface area (TPSA) is 69.0 Å². The number of ether oxygens (including phenoxy) is 1. The van der Waals surface area contributed by atoms with Gasteiger partial charge in [-0.05, 0) is 37.6 Å². The van der Waals surface area contributed by atoms with Gasteiger partial charge in [-0.15, -0.1) is 0 Å². The van der Waals surface area contributed by atoms with Crippen LogP contribution < -0.4 is 5.32 Å². The van der Waals surface area contributed by atoms with Gasteiger partial charge in [0.15, 0.2) is 5.65 Å². The van der Waals surface area contributed by atoms with Crippen molar-refractivity contribution in [1.29, 1.82) is 0 Å². The molecular formula is C18H20N4O2. The van der Waals surface area contributed by atoms with Gasteiger partial charge in [-0.25, -0.2) is 9.67 Å². The molecule has 3 aromatic rings. The molecule has 124 valence electrons. The Kier molecular flexibility index (Phi) is 4.57. The molecule has 0 aliphatic heterocycles. The van der Waals surface area contributed by atoms with E-state index in [1.807, 2.05) is 28.9 Å². The minimum absolute atomic E-state index is 0.176. The van der Waals surface area contributed by atoms with Crippen LogP contribution >= 0.6 is 0 Å². The predicted molar refractivity (Wildman–Crippen MR) is 93.0 cm³/mol. The normalized spacial score (nSPS) is 11.2. The summed E-state index contributed by atoms with van der Waals surface area (Å²) < 4.78 is 6.96. The molecule has 24 heavy (non-hydrogen) atoms. The first-order valence-electron chi connectivity index (χ1n) is 7.81. The van der Waals surface area contributed by atoms with Crippen LogP contribution in [0, 0.1) is 0 Å². The maximum Gasteiger partial charge on any atom is 0.255 e. The average molecular weight is 324 g/mol. The van der Waals surface area contributed by atoms with Gasteiger partial charge >= 0.3 is 0 Å². The summed E-state index contributed by atoms with van der Waals surface area (Å²) in [6.07, 6.45) is 3.41. The van der Waals surface area contributed by atoms with Gasteiger partial charge in [0.2, 0.25) is 0 Å². The molecule has 2 heterocycles. The van der Waals surface area contributed by atoms with Crippen LogP contribution in [0.4, 0.5) is 5.69 Å². The standard InChI is InChI=1S/C18H20N4O2/c1-12(2)22-17-15(9-20-22)8-16(10-19-17)21-18(23)14-6-4-5-13(7-14)11-24-3/h4-10,12H,11H2,1-3H3,(H,21,23). The van der Waals surface area contributed by atoms with Crippen LogP contribution in [0.3, 0.4) is 0 Å². The van der Waals surface area contributed by atoms with E-state index in [0.717, 1.165) is 16.6 Å². The molecule has 2 aromatic heterocycles. The van der Waals surface area contributed by atoms with Crippen molar-refractivity contribution in [1.82, 2.24) is 14.8 Å². The first-order valence-corrected chi connectivity index (χ1v) is 7.81. The molecule has 0 bridgehead atoms. The van der Waals surface area contributed by atoms with E-state index >= 15 is 0 Å². The number of hydrogen-bond donors (Lipinski definition) is 1. The monoisotopic (exact) mass is 324 g/mol. The molecule has 0 aliphatic rings. The number of aromatic nitrogens is 3. The summed E-state index contributed by atoms with van der Waals surface area (Å²) in [5.74, 6) is -0.176. The first-order chi connectivity index (χ1) is 11.6. The van der Waals surface area contributed by atoms with Crippen molar-refractivity contribution < 1.29 is 9.53 Å². The van der Waals surface area contributed by atoms with Crippen molar-refractivity contribution >= 4 is 22.6 Å². The van der Waals surface area contributed by atoms with Crippen LogP contribution in [0.15, 0.2) is 42.7 Å². The molecule has 3 rings (SSSR count). The Bertz CT molecular complexity index is 870. The summed E-state index contributed by atoms with van der Waals surface area (Å²) in [7, 11) is 1.63. The number of nitrogens with zero attached hydrogens (tertiary/aromatic N) is 3. The van der Waals surface area contributed by atoms with Crippen molar-refractivity contribution in [3.8, 4) is 0 Å². The highest BCUT2D eigenvalue weighted by atomic mass is 16.5. The summed E-state index contributed by atoms with van der Waals surface area (Å²) in [4.78, 5) is 16.8. The third-order valence-electron chi connectivity index (χ3n) is 3.68. The number of amides is 1. The average Bonchev–Trinajstić information content (AvgIpc) is 2.99. The summed E-state index contributed by atoms with van der Waals surface area (Å²) in [5.41, 5.74) is 3.00. The zero-order valence-corrected chi connectivity index (χ0v) is 14.0. The molecule has 0 saturated carbocycles. The lowest BCUT2D eigenvalue weighted by Crippen LogP contribution is -2.12. The Morgan fingerprint density at radius 1 is 1.29 bits per heavy atom. The molecule has 1 amide bonds. The second-order valence-corrected chi connectivity index (χ2v) is 5.91. The third-order valence-corrected chi connectivity index (χ3v) is 3.68. The molecule has 0 unspecified atom stereocenters. The number of anilines is 1. The number of nitrogens with one attached hydrogen (secondary N) is 1. The van der Waals surface area contributed by atoms with E-state index in [2.05, 4.69) is 29.2 Å². The fourth-order valence-electron chi connectivity index (χ4n) is 2.56. The number of carbonyl (C=O) groups is 1. The Morgan fingerprint density at radius 2 is 2.12 bits per heavy atom. The third kappa shape index (κ3) is 3.28. The largest absolute Gasteiger partial charge is 0.380 e. The van der Waals surface area contributed by atoms with E-state index in [1.54, 1.807) is 25.6 Å². The van der Waals surface area contributed by atoms with Crippen molar-refractivity contribution in [3.05, 3.63) is 53.9 Å². The quantitative estimate of drug-likeness (QED) is 0.781. The molecule has 0 spiro atoms. The molecule has 0 atom stereocenters. The fourth-order valence-corrected chi connectivity index (χ4v) is 2.56. The number of rotatable bonds is 5. The maximum absolute atomic E-state index is 12.4. The van der Waals surface area contributed by atoms with Crippen molar-refractivity contribution in [3.63, 3.8) is 0 Å². The summed E-state index contributed by atoms with van der Waals surface area (Å²) in [6, 6.07) is 9.48. The second-order valence-electron chi connectivity index (χ2n) is 5.91. The molecule has 6 nitrogen and oxygen atoms in total. The summed E-state index contributed by atoms with van der Waals surface area (Å²) in [6.45, 7) is 4.58. The number of fused-ring (bicyclic) bond motifs is 1. The van der Waals surface area contributed by atoms with Gasteiger partial charge in [0, 0.05) is 24.1 Å². The molecule has 0 fully saturated rings. The van der Waals surface area contributed by atoms with Crippen molar-refractivity contribution in [2.75, 3.05) is 12.4 Å². The molecule has 0 radical (unpaired) electrons. The van der Waals surface area contributed by atoms with E-state index in [-0.39, 0.29) is 11.9 Å². The van der Waals surface area contributed by atoms with E-state index in [1.165, 1.54) is 0 Å². The predicted octanol–water partition coefficient (Wildman–Crippen LogP) is 3.41. The van der Waals surface area contributed by atoms with Gasteiger partial charge in [0.25, 0.3) is 5.91 Å². The van der Waals surface area contributed by atoms with Crippen molar-refractivity contribution in [2.24, 2.45) is 0 Å². The SMILES string of the molecule is COCc1cccc(C(=O)Nc2cnc3c(cnn3C(C)C)c2)c1. The highest BCUT2D eigenvalue weighted by Crippen LogP contribution is 2.19. The number of methoxy groups -OCH3 is 1. The van der Waals surface area contributed by atoms with Crippen LogP contribution in [0.25, 0.3) is 11.0 Å². The Hall–Kier alpha value is -2.73. The number of benzene rings is 1. The Balaban J connectivity index is 1.81. The number of carbonyl (C=O) groups excluding carboxylic acids is 1. The van der Waals surface area contributed by atoms with Crippen molar-refractivity contribution in [2.45, 2.75) is 26.5 Å². The molecule has 1 aromatic carbocycles. The Morgan fingerprint density at radius 3 is 2.88 bits per heavy atom. The smallest absolute Gasteiger partial charge is 0.255 e. The Labute approximate surface area is 140 Å². The first kappa shape index (κ1) is 16.1. The number of pyridine rings is 1. The van der Waals surface area contributed by atoms with Crippen LogP contribution in [-0.2, 0) is 11.3 Å². The lowest BCUT2D eigenvalue weighted by molar-refractivity contribution is 0.102. The summed E-state index contributed by atoms with van der Waals surface area (Å²) in [5, 5.41) is 8.11. The fraction of sp³-hybridized carbons (Fsp3) is 0.278. The van der Waals surface area contributed by atoms with Gasteiger partial charge in [-0.1, -0.05) is 12.1 Å². The van der Waals surface area contributed by atoms with Crippen LogP contribution in [0.5, 0.6) is 0 Å². The molecular weight excluding hydrogens is 304 g/mol. The van der Waals surface area contributed by atoms with Crippen LogP contribution in [-0.4, -0.2) is 27.8 Å². The lowest BCUT2D eigenvalue weighted by atomic mass is 10.1. The maximum atomic E-state index is 12.4. The van der Waals surface area contributed by atoms with E-state index in [0.29, 0.717) is 17.9 Å². The van der Waals surface area contributed by atoms with Crippen LogP contribution in [0.1, 0.15) is 35.8 Å². The minimum Gasteiger partial charge on any atom is -0.380 e. The summed E-state index contributed by atoms with van der Waals surface area (Å²) >= 11 is 0.